The molecule has 8 nitrogen and oxygen atoms in total. The number of anilines is 2. The summed E-state index contributed by atoms with van der Waals surface area (Å²) in [5, 5.41) is 2.78. The lowest BCUT2D eigenvalue weighted by atomic mass is 10.3. The van der Waals surface area contributed by atoms with Gasteiger partial charge in [0.2, 0.25) is 11.9 Å². The van der Waals surface area contributed by atoms with Crippen molar-refractivity contribution >= 4 is 17.8 Å². The number of hydrogen-bond donors (Lipinski definition) is 1. The monoisotopic (exact) mass is 301 g/mol. The zero-order chi connectivity index (χ0) is 16.1. The topological polar surface area (TPSA) is 87.1 Å². The van der Waals surface area contributed by atoms with Gasteiger partial charge in [0.25, 0.3) is 5.91 Å². The van der Waals surface area contributed by atoms with Crippen LogP contribution in [0.3, 0.4) is 0 Å². The van der Waals surface area contributed by atoms with E-state index in [0.717, 1.165) is 0 Å². The fourth-order valence-corrected chi connectivity index (χ4v) is 1.63. The number of rotatable bonds is 5. The van der Waals surface area contributed by atoms with E-state index in [1.165, 1.54) is 6.20 Å². The molecule has 0 aliphatic rings. The molecule has 0 saturated heterocycles. The van der Waals surface area contributed by atoms with Crippen LogP contribution in [-0.4, -0.2) is 54.0 Å². The highest BCUT2D eigenvalue weighted by Gasteiger charge is 2.11. The fraction of sp³-hybridized carbons (Fsp3) is 0.357. The Hall–Kier alpha value is -2.77. The lowest BCUT2D eigenvalue weighted by molar-refractivity contribution is 0.0949. The molecule has 0 spiro atoms. The summed E-state index contributed by atoms with van der Waals surface area (Å²) >= 11 is 0. The number of carbonyl (C=O) groups is 1. The average Bonchev–Trinajstić information content (AvgIpc) is 2.53. The van der Waals surface area contributed by atoms with E-state index in [1.807, 2.05) is 28.2 Å². The SMILES string of the molecule is CN(C)c1nc(CNC(=O)c2cccnc2)nc(N(C)C)n1. The molecule has 0 aliphatic carbocycles. The van der Waals surface area contributed by atoms with Crippen LogP contribution in [0.4, 0.5) is 11.9 Å². The van der Waals surface area contributed by atoms with Gasteiger partial charge in [0.05, 0.1) is 12.1 Å². The van der Waals surface area contributed by atoms with Crippen LogP contribution in [0.25, 0.3) is 0 Å². The van der Waals surface area contributed by atoms with Gasteiger partial charge in [0.1, 0.15) is 0 Å². The molecule has 1 amide bonds. The molecule has 116 valence electrons. The van der Waals surface area contributed by atoms with Crippen molar-refractivity contribution in [3.63, 3.8) is 0 Å². The summed E-state index contributed by atoms with van der Waals surface area (Å²) in [5.74, 6) is 1.37. The van der Waals surface area contributed by atoms with Gasteiger partial charge in [-0.3, -0.25) is 9.78 Å². The van der Waals surface area contributed by atoms with Crippen LogP contribution in [0.2, 0.25) is 0 Å². The molecule has 0 unspecified atom stereocenters. The minimum Gasteiger partial charge on any atom is -0.347 e. The Morgan fingerprint density at radius 1 is 1.09 bits per heavy atom. The fourth-order valence-electron chi connectivity index (χ4n) is 1.63. The molecule has 0 saturated carbocycles. The lowest BCUT2D eigenvalue weighted by Crippen LogP contribution is -2.26. The molecule has 0 bridgehead atoms. The van der Waals surface area contributed by atoms with Crippen molar-refractivity contribution in [3.8, 4) is 0 Å². The highest BCUT2D eigenvalue weighted by atomic mass is 16.1. The van der Waals surface area contributed by atoms with Gasteiger partial charge in [-0.2, -0.15) is 15.0 Å². The Bertz CT molecular complexity index is 617. The van der Waals surface area contributed by atoms with Gasteiger partial charge in [0, 0.05) is 40.6 Å². The van der Waals surface area contributed by atoms with Gasteiger partial charge in [0.15, 0.2) is 5.82 Å². The second-order valence-corrected chi connectivity index (χ2v) is 5.06. The molecule has 0 radical (unpaired) electrons. The summed E-state index contributed by atoms with van der Waals surface area (Å²) in [6, 6.07) is 3.42. The second-order valence-electron chi connectivity index (χ2n) is 5.06. The van der Waals surface area contributed by atoms with Crippen molar-refractivity contribution in [2.24, 2.45) is 0 Å². The van der Waals surface area contributed by atoms with Crippen LogP contribution < -0.4 is 15.1 Å². The maximum atomic E-state index is 12.0. The number of amides is 1. The second kappa shape index (κ2) is 6.79. The van der Waals surface area contributed by atoms with E-state index in [1.54, 1.807) is 28.1 Å². The molecule has 0 fully saturated rings. The molecule has 2 aromatic rings. The Morgan fingerprint density at radius 2 is 1.73 bits per heavy atom. The molecular weight excluding hydrogens is 282 g/mol. The van der Waals surface area contributed by atoms with Gasteiger partial charge >= 0.3 is 0 Å². The van der Waals surface area contributed by atoms with E-state index in [0.29, 0.717) is 23.3 Å². The highest BCUT2D eigenvalue weighted by molar-refractivity contribution is 5.93. The molecule has 8 heteroatoms. The first-order chi connectivity index (χ1) is 10.5. The van der Waals surface area contributed by atoms with Crippen LogP contribution in [-0.2, 0) is 6.54 Å². The lowest BCUT2D eigenvalue weighted by Gasteiger charge is -2.16. The van der Waals surface area contributed by atoms with Gasteiger partial charge in [-0.15, -0.1) is 0 Å². The first kappa shape index (κ1) is 15.6. The van der Waals surface area contributed by atoms with E-state index in [4.69, 9.17) is 0 Å². The number of hydrogen-bond acceptors (Lipinski definition) is 7. The summed E-state index contributed by atoms with van der Waals surface area (Å²) in [6.45, 7) is 0.220. The number of nitrogens with one attached hydrogen (secondary N) is 1. The predicted octanol–water partition coefficient (Wildman–Crippen LogP) is 0.329. The van der Waals surface area contributed by atoms with Crippen molar-refractivity contribution in [2.45, 2.75) is 6.54 Å². The standard InChI is InChI=1S/C14H19N7O/c1-20(2)13-17-11(18-14(19-13)21(3)4)9-16-12(22)10-6-5-7-15-8-10/h5-8H,9H2,1-4H3,(H,16,22). The van der Waals surface area contributed by atoms with Crippen LogP contribution in [0, 0.1) is 0 Å². The van der Waals surface area contributed by atoms with Crippen molar-refractivity contribution < 1.29 is 4.79 Å². The maximum absolute atomic E-state index is 12.0. The minimum atomic E-state index is -0.216. The summed E-state index contributed by atoms with van der Waals surface area (Å²) in [5.41, 5.74) is 0.497. The Labute approximate surface area is 129 Å². The third kappa shape index (κ3) is 3.87. The smallest absolute Gasteiger partial charge is 0.253 e. The molecule has 0 aliphatic heterocycles. The number of aromatic nitrogens is 4. The molecular formula is C14H19N7O. The third-order valence-electron chi connectivity index (χ3n) is 2.79. The van der Waals surface area contributed by atoms with E-state index in [-0.39, 0.29) is 12.5 Å². The van der Waals surface area contributed by atoms with E-state index in [9.17, 15) is 4.79 Å². The normalized spacial score (nSPS) is 10.2. The Kier molecular flexibility index (Phi) is 4.82. The molecule has 1 N–H and O–H groups in total. The summed E-state index contributed by atoms with van der Waals surface area (Å²) in [6.07, 6.45) is 3.13. The van der Waals surface area contributed by atoms with Crippen molar-refractivity contribution in [3.05, 3.63) is 35.9 Å². The zero-order valence-electron chi connectivity index (χ0n) is 13.1. The van der Waals surface area contributed by atoms with Gasteiger partial charge in [-0.1, -0.05) is 0 Å². The zero-order valence-corrected chi connectivity index (χ0v) is 13.1. The van der Waals surface area contributed by atoms with Crippen LogP contribution in [0.5, 0.6) is 0 Å². The number of nitrogens with zero attached hydrogens (tertiary/aromatic N) is 6. The number of pyridine rings is 1. The molecule has 2 rings (SSSR count). The number of carbonyl (C=O) groups excluding carboxylic acids is 1. The first-order valence-corrected chi connectivity index (χ1v) is 6.75. The molecule has 0 aromatic carbocycles. The Balaban J connectivity index is 2.13. The molecule has 22 heavy (non-hydrogen) atoms. The molecule has 2 heterocycles. The van der Waals surface area contributed by atoms with Crippen LogP contribution >= 0.6 is 0 Å². The van der Waals surface area contributed by atoms with Gasteiger partial charge in [-0.05, 0) is 12.1 Å². The van der Waals surface area contributed by atoms with Crippen molar-refractivity contribution in [2.75, 3.05) is 38.0 Å². The largest absolute Gasteiger partial charge is 0.347 e. The van der Waals surface area contributed by atoms with E-state index >= 15 is 0 Å². The van der Waals surface area contributed by atoms with Gasteiger partial charge in [-0.25, -0.2) is 0 Å². The average molecular weight is 301 g/mol. The molecule has 2 aromatic heterocycles. The quantitative estimate of drug-likeness (QED) is 0.851. The van der Waals surface area contributed by atoms with Crippen LogP contribution in [0.15, 0.2) is 24.5 Å². The third-order valence-corrected chi connectivity index (χ3v) is 2.79. The first-order valence-electron chi connectivity index (χ1n) is 6.75. The summed E-state index contributed by atoms with van der Waals surface area (Å²) in [4.78, 5) is 32.5. The highest BCUT2D eigenvalue weighted by Crippen LogP contribution is 2.10. The van der Waals surface area contributed by atoms with Crippen molar-refractivity contribution in [1.82, 2.24) is 25.3 Å². The van der Waals surface area contributed by atoms with E-state index < -0.39 is 0 Å². The minimum absolute atomic E-state index is 0.216. The predicted molar refractivity (Wildman–Crippen MR) is 83.9 cm³/mol. The summed E-state index contributed by atoms with van der Waals surface area (Å²) < 4.78 is 0. The van der Waals surface area contributed by atoms with Gasteiger partial charge < -0.3 is 15.1 Å². The molecule has 0 atom stereocenters. The summed E-state index contributed by atoms with van der Waals surface area (Å²) in [7, 11) is 7.42. The maximum Gasteiger partial charge on any atom is 0.253 e. The Morgan fingerprint density at radius 3 is 2.23 bits per heavy atom. The van der Waals surface area contributed by atoms with E-state index in [2.05, 4.69) is 25.3 Å². The van der Waals surface area contributed by atoms with Crippen LogP contribution in [0.1, 0.15) is 16.2 Å². The van der Waals surface area contributed by atoms with Crippen molar-refractivity contribution in [1.29, 1.82) is 0 Å².